The Kier molecular flexibility index (Phi) is 47.2. The topological polar surface area (TPSA) is 401 Å². The van der Waals surface area contributed by atoms with Gasteiger partial charge in [-0.2, -0.15) is 0 Å². The molecule has 37 heavy (non-hydrogen) atoms. The van der Waals surface area contributed by atoms with Crippen molar-refractivity contribution in [2.45, 2.75) is 24.4 Å². The van der Waals surface area contributed by atoms with Gasteiger partial charge in [-0.1, -0.05) is 0 Å². The van der Waals surface area contributed by atoms with E-state index < -0.39 is 52.8 Å². The SMILES string of the molecule is C1OP2OCC1O2.O.O.O.O.O=POCC(O)CO.OC1COP(O)OC1.OCC(O)CO.OP(O)O. The maximum Gasteiger partial charge on any atom is 0.333 e. The number of rotatable bonds is 6. The summed E-state index contributed by atoms with van der Waals surface area (Å²) in [5, 5.41) is 49.3. The fraction of sp³-hybridized carbons (Fsp3) is 1.00. The maximum atomic E-state index is 9.51. The molecule has 18 N–H and O–H groups in total. The largest absolute Gasteiger partial charge is 0.412 e. The number of aliphatic hydroxyl groups is 6. The summed E-state index contributed by atoms with van der Waals surface area (Å²) in [7, 11) is -5.64. The second-order valence-electron chi connectivity index (χ2n) is 5.52. The highest BCUT2D eigenvalue weighted by Crippen LogP contribution is 2.51. The maximum absolute atomic E-state index is 9.51. The summed E-state index contributed by atoms with van der Waals surface area (Å²) in [6, 6.07) is 0. The predicted octanol–water partition coefficient (Wildman–Crippen LogP) is -5.94. The Bertz CT molecular complexity index is 402. The van der Waals surface area contributed by atoms with Crippen molar-refractivity contribution in [1.29, 1.82) is 0 Å². The Morgan fingerprint density at radius 3 is 1.43 bits per heavy atom. The van der Waals surface area contributed by atoms with E-state index in [2.05, 4.69) is 13.6 Å². The molecule has 25 heteroatoms. The first-order chi connectivity index (χ1) is 15.6. The molecule has 1 atom stereocenters. The minimum Gasteiger partial charge on any atom is -0.412 e. The summed E-state index contributed by atoms with van der Waals surface area (Å²) in [6.07, 6.45) is -2.19. The van der Waals surface area contributed by atoms with Crippen molar-refractivity contribution < 1.29 is 104 Å². The molecule has 0 aromatic carbocycles. The van der Waals surface area contributed by atoms with E-state index in [-0.39, 0.29) is 67.7 Å². The Morgan fingerprint density at radius 1 is 0.838 bits per heavy atom. The van der Waals surface area contributed by atoms with Crippen LogP contribution in [0.2, 0.25) is 0 Å². The standard InChI is InChI=1S/2C3H7O4P.C3H5O3P.C3H8O3.H3O3P.4H2O/c4-3-1-6-8(5)7-2-3;4-1-3(5)2-7-8-6;1-3-2-5-7(4-1)6-3;4-1-3(6)2-5;1-4(2)3;;;;/h2*3-5H,1-2H2;3H,1-2H2;3-6H,1-2H2;1-3H;4*1H2. The molecule has 0 saturated carbocycles. The van der Waals surface area contributed by atoms with E-state index in [0.29, 0.717) is 0 Å². The number of hydrogen-bond donors (Lipinski definition) is 10. The second-order valence-corrected chi connectivity index (χ2v) is 8.63. The van der Waals surface area contributed by atoms with Gasteiger partial charge in [0, 0.05) is 0 Å². The van der Waals surface area contributed by atoms with Crippen molar-refractivity contribution in [3.05, 3.63) is 0 Å². The quantitative estimate of drug-likeness (QED) is 0.121. The van der Waals surface area contributed by atoms with Gasteiger partial charge in [0.1, 0.15) is 24.4 Å². The van der Waals surface area contributed by atoms with Gasteiger partial charge in [-0.3, -0.25) is 4.52 Å². The molecule has 2 bridgehead atoms. The van der Waals surface area contributed by atoms with Gasteiger partial charge >= 0.3 is 34.5 Å². The van der Waals surface area contributed by atoms with Crippen LogP contribution in [0.1, 0.15) is 0 Å². The summed E-state index contributed by atoms with van der Waals surface area (Å²) >= 11 is 0. The van der Waals surface area contributed by atoms with Gasteiger partial charge in [0.2, 0.25) is 0 Å². The van der Waals surface area contributed by atoms with Gasteiger partial charge in [-0.25, -0.2) is 4.57 Å². The lowest BCUT2D eigenvalue weighted by molar-refractivity contribution is 0.0143. The molecule has 3 heterocycles. The molecule has 3 aliphatic rings. The number of hydrogen-bond acceptors (Lipinski definition) is 17. The van der Waals surface area contributed by atoms with Crippen LogP contribution >= 0.6 is 34.5 Å². The Labute approximate surface area is 216 Å². The minimum atomic E-state index is -2.62. The molecule has 0 aromatic rings. The molecule has 0 radical (unpaired) electrons. The third-order valence-corrected chi connectivity index (χ3v) is 4.86. The molecule has 3 fully saturated rings. The predicted molar refractivity (Wildman–Crippen MR) is 126 cm³/mol. The van der Waals surface area contributed by atoms with Gasteiger partial charge in [0.15, 0.2) is 0 Å². The van der Waals surface area contributed by atoms with Crippen LogP contribution in [0.25, 0.3) is 0 Å². The molecular formula is C12H38O21P4. The molecule has 0 amide bonds. The van der Waals surface area contributed by atoms with E-state index in [4.69, 9.17) is 63.8 Å². The lowest BCUT2D eigenvalue weighted by Gasteiger charge is -2.20. The van der Waals surface area contributed by atoms with E-state index in [1.807, 2.05) is 0 Å². The van der Waals surface area contributed by atoms with E-state index in [9.17, 15) is 4.57 Å². The zero-order valence-corrected chi connectivity index (χ0v) is 22.7. The molecule has 3 saturated heterocycles. The van der Waals surface area contributed by atoms with Crippen LogP contribution in [-0.4, -0.2) is 149 Å². The molecule has 3 aliphatic heterocycles. The molecule has 3 rings (SSSR count). The summed E-state index contributed by atoms with van der Waals surface area (Å²) in [5.41, 5.74) is 0. The second kappa shape index (κ2) is 34.6. The van der Waals surface area contributed by atoms with E-state index in [1.54, 1.807) is 0 Å². The first-order valence-electron chi connectivity index (χ1n) is 8.75. The van der Waals surface area contributed by atoms with E-state index in [1.165, 1.54) is 0 Å². The highest BCUT2D eigenvalue weighted by molar-refractivity contribution is 7.42. The minimum absolute atomic E-state index is 0. The lowest BCUT2D eigenvalue weighted by Crippen LogP contribution is -2.24. The van der Waals surface area contributed by atoms with Gasteiger partial charge in [-0.15, -0.1) is 0 Å². The van der Waals surface area contributed by atoms with Crippen molar-refractivity contribution in [2.24, 2.45) is 0 Å². The van der Waals surface area contributed by atoms with Gasteiger partial charge < -0.3 is 94.7 Å². The zero-order chi connectivity index (χ0) is 25.6. The zero-order valence-electron chi connectivity index (χ0n) is 19.1. The summed E-state index contributed by atoms with van der Waals surface area (Å²) in [5.74, 6) is 0. The molecule has 232 valence electrons. The van der Waals surface area contributed by atoms with Gasteiger partial charge in [0.25, 0.3) is 0 Å². The fourth-order valence-electron chi connectivity index (χ4n) is 1.23. The van der Waals surface area contributed by atoms with Crippen LogP contribution in [-0.2, 0) is 31.7 Å². The van der Waals surface area contributed by atoms with Crippen molar-refractivity contribution in [3.63, 3.8) is 0 Å². The normalized spacial score (nSPS) is 23.4. The van der Waals surface area contributed by atoms with Crippen LogP contribution in [0.4, 0.5) is 0 Å². The molecule has 0 spiro atoms. The van der Waals surface area contributed by atoms with Crippen LogP contribution in [0.5, 0.6) is 0 Å². The van der Waals surface area contributed by atoms with Crippen molar-refractivity contribution in [3.8, 4) is 0 Å². The Balaban J connectivity index is -0.0000000803. The number of fused-ring (bicyclic) bond motifs is 2. The summed E-state index contributed by atoms with van der Waals surface area (Å²) in [6.45, 7) is 0.659. The summed E-state index contributed by atoms with van der Waals surface area (Å²) < 4.78 is 37.8. The molecular weight excluding hydrogens is 604 g/mol. The average Bonchev–Trinajstić information content (AvgIpc) is 3.46. The Morgan fingerprint density at radius 2 is 1.24 bits per heavy atom. The third-order valence-electron chi connectivity index (χ3n) is 2.67. The van der Waals surface area contributed by atoms with Gasteiger partial charge in [-0.05, 0) is 0 Å². The fourth-order valence-corrected chi connectivity index (χ4v) is 3.27. The number of aliphatic hydroxyl groups excluding tert-OH is 6. The van der Waals surface area contributed by atoms with Crippen LogP contribution in [0.3, 0.4) is 0 Å². The molecule has 21 nitrogen and oxygen atoms in total. The highest BCUT2D eigenvalue weighted by Gasteiger charge is 2.36. The first kappa shape index (κ1) is 50.4. The molecule has 0 aromatic heterocycles. The van der Waals surface area contributed by atoms with Crippen molar-refractivity contribution in [2.75, 3.05) is 52.9 Å². The van der Waals surface area contributed by atoms with Gasteiger partial charge in [0.05, 0.1) is 52.9 Å². The van der Waals surface area contributed by atoms with Crippen molar-refractivity contribution >= 4 is 34.5 Å². The van der Waals surface area contributed by atoms with Crippen LogP contribution in [0.15, 0.2) is 0 Å². The average molecular weight is 642 g/mol. The summed E-state index contributed by atoms with van der Waals surface area (Å²) in [4.78, 5) is 30.2. The smallest absolute Gasteiger partial charge is 0.333 e. The van der Waals surface area contributed by atoms with Crippen LogP contribution in [0, 0.1) is 0 Å². The highest BCUT2D eigenvalue weighted by atomic mass is 31.2. The van der Waals surface area contributed by atoms with E-state index in [0.717, 1.165) is 13.2 Å². The Hall–Kier alpha value is 0.590. The molecule has 1 unspecified atom stereocenters. The van der Waals surface area contributed by atoms with E-state index >= 15 is 0 Å². The third kappa shape index (κ3) is 36.6. The molecule has 0 aliphatic carbocycles. The van der Waals surface area contributed by atoms with Crippen LogP contribution < -0.4 is 0 Å². The lowest BCUT2D eigenvalue weighted by atomic mass is 10.4. The first-order valence-corrected chi connectivity index (χ1v) is 12.9. The monoisotopic (exact) mass is 642 g/mol. The van der Waals surface area contributed by atoms with Crippen molar-refractivity contribution in [1.82, 2.24) is 0 Å².